The van der Waals surface area contributed by atoms with Crippen molar-refractivity contribution in [1.29, 1.82) is 0 Å². The van der Waals surface area contributed by atoms with Crippen LogP contribution in [0.15, 0.2) is 66.4 Å². The van der Waals surface area contributed by atoms with Crippen LogP contribution in [0, 0.1) is 0 Å². The van der Waals surface area contributed by atoms with Gasteiger partial charge in [0.1, 0.15) is 17.5 Å². The first-order valence-corrected chi connectivity index (χ1v) is 13.4. The van der Waals surface area contributed by atoms with Crippen LogP contribution in [0.25, 0.3) is 6.08 Å². The van der Waals surface area contributed by atoms with Gasteiger partial charge in [0, 0.05) is 20.1 Å². The molecule has 188 valence electrons. The quantitative estimate of drug-likeness (QED) is 0.366. The predicted molar refractivity (Wildman–Crippen MR) is 146 cm³/mol. The van der Waals surface area contributed by atoms with E-state index in [0.29, 0.717) is 37.7 Å². The van der Waals surface area contributed by atoms with Gasteiger partial charge in [-0.05, 0) is 63.2 Å². The Morgan fingerprint density at radius 3 is 2.36 bits per heavy atom. The van der Waals surface area contributed by atoms with Gasteiger partial charge in [0.15, 0.2) is 4.80 Å². The largest absolute Gasteiger partial charge is 0.496 e. The molecule has 0 radical (unpaired) electrons. The number of rotatable bonds is 6. The van der Waals surface area contributed by atoms with Crippen LogP contribution in [0.1, 0.15) is 37.9 Å². The molecule has 1 aliphatic rings. The van der Waals surface area contributed by atoms with Crippen LogP contribution in [0.3, 0.4) is 0 Å². The van der Waals surface area contributed by atoms with Gasteiger partial charge in [-0.25, -0.2) is 9.79 Å². The minimum atomic E-state index is -0.786. The number of methoxy groups -OCH3 is 2. The summed E-state index contributed by atoms with van der Waals surface area (Å²) in [5, 5.41) is 0. The van der Waals surface area contributed by atoms with Crippen molar-refractivity contribution in [2.75, 3.05) is 14.2 Å². The maximum absolute atomic E-state index is 13.9. The van der Waals surface area contributed by atoms with E-state index in [-0.39, 0.29) is 11.7 Å². The van der Waals surface area contributed by atoms with Crippen molar-refractivity contribution >= 4 is 55.2 Å². The smallest absolute Gasteiger partial charge is 0.338 e. The molecule has 1 atom stereocenters. The zero-order valence-electron chi connectivity index (χ0n) is 20.3. The molecule has 2 aromatic carbocycles. The molecule has 4 rings (SSSR count). The van der Waals surface area contributed by atoms with Gasteiger partial charge in [-0.1, -0.05) is 43.2 Å². The van der Waals surface area contributed by atoms with Crippen LogP contribution in [-0.2, 0) is 9.53 Å². The lowest BCUT2D eigenvalue weighted by atomic mass is 9.95. The SMILES string of the molecule is COc1ccc(Br)cc1/C=c1\sc2n(c1=O)[C@H](c1cc(Br)ccc1OC)C(C(=O)OC(C)C)=C(C)N=2. The third-order valence-electron chi connectivity index (χ3n) is 5.55. The highest BCUT2D eigenvalue weighted by molar-refractivity contribution is 9.10. The highest BCUT2D eigenvalue weighted by Gasteiger charge is 2.35. The number of nitrogens with zero attached hydrogens (tertiary/aromatic N) is 2. The molecule has 0 saturated heterocycles. The Kier molecular flexibility index (Phi) is 7.87. The number of hydrogen-bond donors (Lipinski definition) is 0. The third-order valence-corrected chi connectivity index (χ3v) is 7.52. The van der Waals surface area contributed by atoms with E-state index in [1.54, 1.807) is 47.1 Å². The molecule has 0 spiro atoms. The number of halogens is 2. The van der Waals surface area contributed by atoms with Crippen molar-refractivity contribution in [3.8, 4) is 11.5 Å². The molecule has 10 heteroatoms. The van der Waals surface area contributed by atoms with Crippen molar-refractivity contribution in [2.45, 2.75) is 32.9 Å². The van der Waals surface area contributed by atoms with Crippen LogP contribution in [0.5, 0.6) is 11.5 Å². The number of carbonyl (C=O) groups is 1. The van der Waals surface area contributed by atoms with E-state index in [1.807, 2.05) is 30.3 Å². The Morgan fingerprint density at radius 1 is 1.08 bits per heavy atom. The number of fused-ring (bicyclic) bond motifs is 1. The summed E-state index contributed by atoms with van der Waals surface area (Å²) in [7, 11) is 3.14. The maximum atomic E-state index is 13.9. The fraction of sp³-hybridized carbons (Fsp3) is 0.269. The zero-order valence-corrected chi connectivity index (χ0v) is 24.3. The van der Waals surface area contributed by atoms with E-state index in [2.05, 4.69) is 36.9 Å². The summed E-state index contributed by atoms with van der Waals surface area (Å²) in [6, 6.07) is 10.3. The predicted octanol–water partition coefficient (Wildman–Crippen LogP) is 4.73. The molecule has 0 unspecified atom stereocenters. The van der Waals surface area contributed by atoms with Gasteiger partial charge >= 0.3 is 5.97 Å². The first-order valence-electron chi connectivity index (χ1n) is 11.0. The van der Waals surface area contributed by atoms with E-state index < -0.39 is 12.0 Å². The van der Waals surface area contributed by atoms with Gasteiger partial charge in [0.25, 0.3) is 5.56 Å². The van der Waals surface area contributed by atoms with Gasteiger partial charge < -0.3 is 14.2 Å². The van der Waals surface area contributed by atoms with Gasteiger partial charge in [-0.3, -0.25) is 9.36 Å². The van der Waals surface area contributed by atoms with Crippen molar-refractivity contribution in [3.05, 3.63) is 87.4 Å². The molecule has 0 N–H and O–H groups in total. The van der Waals surface area contributed by atoms with E-state index >= 15 is 0 Å². The molecule has 1 aromatic heterocycles. The average Bonchev–Trinajstić information content (AvgIpc) is 3.12. The molecule has 3 aromatic rings. The lowest BCUT2D eigenvalue weighted by Gasteiger charge is -2.26. The van der Waals surface area contributed by atoms with Crippen LogP contribution in [0.4, 0.5) is 0 Å². The van der Waals surface area contributed by atoms with E-state index in [0.717, 1.165) is 14.5 Å². The first-order chi connectivity index (χ1) is 17.1. The van der Waals surface area contributed by atoms with Gasteiger partial charge in [0.05, 0.1) is 36.1 Å². The summed E-state index contributed by atoms with van der Waals surface area (Å²) >= 11 is 8.24. The fourth-order valence-corrected chi connectivity index (χ4v) is 5.83. The Morgan fingerprint density at radius 2 is 1.72 bits per heavy atom. The highest BCUT2D eigenvalue weighted by Crippen LogP contribution is 2.37. The summed E-state index contributed by atoms with van der Waals surface area (Å²) < 4.78 is 20.3. The number of allylic oxidation sites excluding steroid dienone is 1. The standard InChI is InChI=1S/C26H24Br2N2O5S/c1-13(2)35-25(32)22-14(3)29-26-30(23(22)18-12-17(28)7-9-20(18)34-5)24(31)21(36-26)11-15-10-16(27)6-8-19(15)33-4/h6-13,23H,1-5H3/b21-11-/t23-/m1/s1. The number of ether oxygens (including phenoxy) is 3. The topological polar surface area (TPSA) is 79.1 Å². The average molecular weight is 636 g/mol. The maximum Gasteiger partial charge on any atom is 0.338 e. The summed E-state index contributed by atoms with van der Waals surface area (Å²) in [5.41, 5.74) is 1.88. The second kappa shape index (κ2) is 10.7. The number of esters is 1. The Labute approximate surface area is 229 Å². The second-order valence-corrected chi connectivity index (χ2v) is 11.1. The number of hydrogen-bond acceptors (Lipinski definition) is 7. The van der Waals surface area contributed by atoms with Crippen LogP contribution < -0.4 is 24.4 Å². The third kappa shape index (κ3) is 5.07. The summed E-state index contributed by atoms with van der Waals surface area (Å²) in [4.78, 5) is 32.3. The second-order valence-electron chi connectivity index (χ2n) is 8.31. The molecule has 0 amide bonds. The number of thiazole rings is 1. The first kappa shape index (κ1) is 26.4. The number of aromatic nitrogens is 1. The molecule has 0 saturated carbocycles. The summed E-state index contributed by atoms with van der Waals surface area (Å²) in [6.07, 6.45) is 1.44. The monoisotopic (exact) mass is 634 g/mol. The van der Waals surface area contributed by atoms with Gasteiger partial charge in [0.2, 0.25) is 0 Å². The Hall–Kier alpha value is -2.69. The summed E-state index contributed by atoms with van der Waals surface area (Å²) in [5.74, 6) is 0.642. The Balaban J connectivity index is 2.02. The van der Waals surface area contributed by atoms with Crippen molar-refractivity contribution < 1.29 is 19.0 Å². The molecular formula is C26H24Br2N2O5S. The van der Waals surface area contributed by atoms with Crippen molar-refractivity contribution in [1.82, 2.24) is 4.57 Å². The molecule has 1 aliphatic heterocycles. The van der Waals surface area contributed by atoms with Crippen molar-refractivity contribution in [2.24, 2.45) is 4.99 Å². The molecule has 2 heterocycles. The lowest BCUT2D eigenvalue weighted by molar-refractivity contribution is -0.143. The van der Waals surface area contributed by atoms with Gasteiger partial charge in [-0.2, -0.15) is 0 Å². The molecule has 36 heavy (non-hydrogen) atoms. The normalized spacial score (nSPS) is 15.6. The molecule has 0 bridgehead atoms. The number of carbonyl (C=O) groups excluding carboxylic acids is 1. The lowest BCUT2D eigenvalue weighted by Crippen LogP contribution is -2.40. The summed E-state index contributed by atoms with van der Waals surface area (Å²) in [6.45, 7) is 5.31. The van der Waals surface area contributed by atoms with Gasteiger partial charge in [-0.15, -0.1) is 0 Å². The van der Waals surface area contributed by atoms with Crippen LogP contribution in [0.2, 0.25) is 0 Å². The zero-order chi connectivity index (χ0) is 26.1. The van der Waals surface area contributed by atoms with Crippen LogP contribution >= 0.6 is 43.2 Å². The molecular weight excluding hydrogens is 612 g/mol. The van der Waals surface area contributed by atoms with E-state index in [9.17, 15) is 9.59 Å². The fourth-order valence-electron chi connectivity index (χ4n) is 4.03. The highest BCUT2D eigenvalue weighted by atomic mass is 79.9. The molecule has 7 nitrogen and oxygen atoms in total. The minimum absolute atomic E-state index is 0.282. The van der Waals surface area contributed by atoms with E-state index in [4.69, 9.17) is 14.2 Å². The Bertz CT molecular complexity index is 1560. The molecule has 0 aliphatic carbocycles. The van der Waals surface area contributed by atoms with E-state index in [1.165, 1.54) is 15.9 Å². The minimum Gasteiger partial charge on any atom is -0.496 e. The molecule has 0 fully saturated rings. The van der Waals surface area contributed by atoms with Crippen molar-refractivity contribution in [3.63, 3.8) is 0 Å². The van der Waals surface area contributed by atoms with Crippen LogP contribution in [-0.4, -0.2) is 30.9 Å². The number of benzene rings is 2.